The van der Waals surface area contributed by atoms with E-state index >= 15 is 0 Å². The molecule has 1 atom stereocenters. The van der Waals surface area contributed by atoms with Crippen LogP contribution in [0.25, 0.3) is 22.1 Å². The summed E-state index contributed by atoms with van der Waals surface area (Å²) in [5.41, 5.74) is -0.0162. The number of halogens is 2. The molecule has 5 heteroatoms. The Morgan fingerprint density at radius 3 is 2.61 bits per heavy atom. The minimum atomic E-state index is -0.681. The van der Waals surface area contributed by atoms with Gasteiger partial charge in [-0.05, 0) is 43.5 Å². The molecule has 3 rings (SSSR count). The molecule has 0 bridgehead atoms. The second-order valence-corrected chi connectivity index (χ2v) is 5.15. The lowest BCUT2D eigenvalue weighted by atomic mass is 9.99. The third kappa shape index (κ3) is 2.54. The van der Waals surface area contributed by atoms with Gasteiger partial charge in [0.15, 0.2) is 0 Å². The Morgan fingerprint density at radius 1 is 1.17 bits per heavy atom. The molecule has 0 saturated heterocycles. The third-order valence-electron chi connectivity index (χ3n) is 3.66. The molecule has 0 saturated carbocycles. The highest BCUT2D eigenvalue weighted by Gasteiger charge is 2.22. The summed E-state index contributed by atoms with van der Waals surface area (Å²) in [6.07, 6.45) is 0. The average molecular weight is 313 g/mol. The van der Waals surface area contributed by atoms with Crippen molar-refractivity contribution in [3.05, 3.63) is 70.1 Å². The van der Waals surface area contributed by atoms with Crippen LogP contribution >= 0.6 is 0 Å². The Kier molecular flexibility index (Phi) is 3.78. The van der Waals surface area contributed by atoms with E-state index in [-0.39, 0.29) is 22.3 Å². The summed E-state index contributed by atoms with van der Waals surface area (Å²) in [4.78, 5) is 16.7. The van der Waals surface area contributed by atoms with Crippen LogP contribution in [0.1, 0.15) is 18.7 Å². The van der Waals surface area contributed by atoms with Crippen LogP contribution in [0.4, 0.5) is 8.78 Å². The van der Waals surface area contributed by atoms with Crippen LogP contribution in [-0.2, 0) is 0 Å². The van der Waals surface area contributed by atoms with Gasteiger partial charge in [-0.3, -0.25) is 9.79 Å². The molecule has 0 amide bonds. The molecule has 0 N–H and O–H groups in total. The first-order valence-corrected chi connectivity index (χ1v) is 7.00. The fourth-order valence-electron chi connectivity index (χ4n) is 2.51. The van der Waals surface area contributed by atoms with Gasteiger partial charge in [-0.1, -0.05) is 18.2 Å². The predicted octanol–water partition coefficient (Wildman–Crippen LogP) is 4.50. The summed E-state index contributed by atoms with van der Waals surface area (Å²) >= 11 is 0. The van der Waals surface area contributed by atoms with Crippen molar-refractivity contribution in [2.24, 2.45) is 4.99 Å². The van der Waals surface area contributed by atoms with Gasteiger partial charge in [0.25, 0.3) is 0 Å². The Labute approximate surface area is 130 Å². The van der Waals surface area contributed by atoms with E-state index in [1.165, 1.54) is 36.4 Å². The zero-order chi connectivity index (χ0) is 16.6. The van der Waals surface area contributed by atoms with Crippen LogP contribution in [0.3, 0.4) is 0 Å². The van der Waals surface area contributed by atoms with Crippen LogP contribution in [-0.4, -0.2) is 6.72 Å². The summed E-state index contributed by atoms with van der Waals surface area (Å²) in [6, 6.07) is 9.14. The largest absolute Gasteiger partial charge is 0.458 e. The molecular weight excluding hydrogens is 300 g/mol. The van der Waals surface area contributed by atoms with Gasteiger partial charge in [-0.15, -0.1) is 0 Å². The fraction of sp³-hybridized carbons (Fsp3) is 0.111. The van der Waals surface area contributed by atoms with Gasteiger partial charge in [0.2, 0.25) is 5.43 Å². The van der Waals surface area contributed by atoms with E-state index in [0.717, 1.165) is 0 Å². The molecule has 23 heavy (non-hydrogen) atoms. The number of fused-ring (bicyclic) bond motifs is 1. The maximum Gasteiger partial charge on any atom is 0.203 e. The number of rotatable bonds is 3. The normalized spacial score (nSPS) is 12.3. The van der Waals surface area contributed by atoms with Crippen molar-refractivity contribution >= 4 is 17.7 Å². The minimum Gasteiger partial charge on any atom is -0.458 e. The lowest BCUT2D eigenvalue weighted by Crippen LogP contribution is -2.12. The Bertz CT molecular complexity index is 963. The molecule has 0 fully saturated rings. The van der Waals surface area contributed by atoms with Crippen molar-refractivity contribution in [3.63, 3.8) is 0 Å². The molecule has 0 radical (unpaired) electrons. The Hall–Kier alpha value is -2.82. The van der Waals surface area contributed by atoms with Crippen LogP contribution in [0.15, 0.2) is 56.7 Å². The van der Waals surface area contributed by atoms with Gasteiger partial charge in [0.1, 0.15) is 34.4 Å². The zero-order valence-corrected chi connectivity index (χ0v) is 12.3. The van der Waals surface area contributed by atoms with Crippen molar-refractivity contribution in [1.82, 2.24) is 0 Å². The number of hydrogen-bond donors (Lipinski definition) is 0. The maximum absolute atomic E-state index is 14.1. The van der Waals surface area contributed by atoms with E-state index in [1.54, 1.807) is 13.0 Å². The molecule has 3 nitrogen and oxygen atoms in total. The van der Waals surface area contributed by atoms with Crippen LogP contribution in [0, 0.1) is 11.6 Å². The highest BCUT2D eigenvalue weighted by Crippen LogP contribution is 2.31. The van der Waals surface area contributed by atoms with Crippen molar-refractivity contribution in [2.45, 2.75) is 13.0 Å². The molecule has 1 heterocycles. The highest BCUT2D eigenvalue weighted by atomic mass is 19.1. The fourth-order valence-corrected chi connectivity index (χ4v) is 2.51. The Morgan fingerprint density at radius 2 is 1.91 bits per heavy atom. The van der Waals surface area contributed by atoms with Gasteiger partial charge in [-0.25, -0.2) is 8.78 Å². The van der Waals surface area contributed by atoms with Gasteiger partial charge in [0, 0.05) is 0 Å². The molecule has 3 aromatic rings. The summed E-state index contributed by atoms with van der Waals surface area (Å²) < 4.78 is 33.3. The van der Waals surface area contributed by atoms with E-state index < -0.39 is 23.1 Å². The Balaban J connectivity index is 2.47. The molecule has 1 aromatic heterocycles. The lowest BCUT2D eigenvalue weighted by molar-refractivity contribution is 0.503. The number of hydrogen-bond acceptors (Lipinski definition) is 3. The van der Waals surface area contributed by atoms with Gasteiger partial charge < -0.3 is 4.42 Å². The van der Waals surface area contributed by atoms with Crippen LogP contribution in [0.2, 0.25) is 0 Å². The van der Waals surface area contributed by atoms with Gasteiger partial charge in [0.05, 0.1) is 5.56 Å². The van der Waals surface area contributed by atoms with Gasteiger partial charge in [-0.2, -0.15) is 0 Å². The van der Waals surface area contributed by atoms with E-state index in [0.29, 0.717) is 5.56 Å². The van der Waals surface area contributed by atoms with Crippen molar-refractivity contribution < 1.29 is 13.2 Å². The van der Waals surface area contributed by atoms with Crippen LogP contribution in [0.5, 0.6) is 0 Å². The number of nitrogens with zero attached hydrogens (tertiary/aromatic N) is 1. The van der Waals surface area contributed by atoms with E-state index in [1.807, 2.05) is 0 Å². The smallest absolute Gasteiger partial charge is 0.203 e. The summed E-state index contributed by atoms with van der Waals surface area (Å²) in [7, 11) is 0. The predicted molar refractivity (Wildman–Crippen MR) is 85.8 cm³/mol. The third-order valence-corrected chi connectivity index (χ3v) is 3.66. The van der Waals surface area contributed by atoms with E-state index in [9.17, 15) is 13.6 Å². The second-order valence-electron chi connectivity index (χ2n) is 5.15. The molecule has 0 aliphatic heterocycles. The highest BCUT2D eigenvalue weighted by molar-refractivity contribution is 5.83. The first-order valence-electron chi connectivity index (χ1n) is 7.00. The number of aliphatic imine (C=N–C) groups is 1. The topological polar surface area (TPSA) is 42.6 Å². The lowest BCUT2D eigenvalue weighted by Gasteiger charge is -2.13. The quantitative estimate of drug-likeness (QED) is 0.668. The van der Waals surface area contributed by atoms with E-state index in [2.05, 4.69) is 11.7 Å². The van der Waals surface area contributed by atoms with Gasteiger partial charge >= 0.3 is 0 Å². The summed E-state index contributed by atoms with van der Waals surface area (Å²) in [5, 5.41) is -0.160. The van der Waals surface area contributed by atoms with Crippen LogP contribution < -0.4 is 5.43 Å². The van der Waals surface area contributed by atoms with Crippen molar-refractivity contribution in [3.8, 4) is 11.1 Å². The molecule has 2 aromatic carbocycles. The first kappa shape index (κ1) is 15.1. The van der Waals surface area contributed by atoms with Crippen molar-refractivity contribution in [2.75, 3.05) is 0 Å². The van der Waals surface area contributed by atoms with E-state index in [4.69, 9.17) is 4.42 Å². The summed E-state index contributed by atoms with van der Waals surface area (Å²) in [6.45, 7) is 5.15. The summed E-state index contributed by atoms with van der Waals surface area (Å²) in [5.74, 6) is -0.950. The maximum atomic E-state index is 14.1. The average Bonchev–Trinajstić information content (AvgIpc) is 2.53. The SMILES string of the molecule is C=NC(C)c1oc2cccc(F)c2c(=O)c1-c1cccc(F)c1. The molecule has 1 unspecified atom stereocenters. The minimum absolute atomic E-state index is 0.0991. The molecule has 116 valence electrons. The standard InChI is InChI=1S/C18H13F2NO2/c1-10(21-2)18-15(11-5-3-6-12(19)9-11)17(22)16-13(20)7-4-8-14(16)23-18/h3-10H,2H2,1H3. The molecule has 0 aliphatic carbocycles. The monoisotopic (exact) mass is 313 g/mol. The molecular formula is C18H13F2NO2. The zero-order valence-electron chi connectivity index (χ0n) is 12.3. The number of benzene rings is 2. The molecule has 0 spiro atoms. The van der Waals surface area contributed by atoms with Crippen molar-refractivity contribution in [1.29, 1.82) is 0 Å². The second kappa shape index (κ2) is 5.76. The molecule has 0 aliphatic rings. The first-order chi connectivity index (χ1) is 11.0.